The van der Waals surface area contributed by atoms with E-state index in [1.165, 1.54) is 0 Å². The number of aromatic nitrogens is 6. The largest absolute Gasteiger partial charge is 0.347 e. The van der Waals surface area contributed by atoms with Crippen molar-refractivity contribution < 1.29 is 14.5 Å². The quantitative estimate of drug-likeness (QED) is 0.0591. The van der Waals surface area contributed by atoms with Crippen molar-refractivity contribution in [3.63, 3.8) is 0 Å². The number of hydrogen-bond acceptors (Lipinski definition) is 18. The molecule has 0 amide bonds. The van der Waals surface area contributed by atoms with Gasteiger partial charge in [0.1, 0.15) is 6.33 Å². The van der Waals surface area contributed by atoms with Crippen molar-refractivity contribution in [3.05, 3.63) is 6.33 Å². The summed E-state index contributed by atoms with van der Waals surface area (Å²) < 4.78 is 2.58. The van der Waals surface area contributed by atoms with E-state index >= 15 is 0 Å². The van der Waals surface area contributed by atoms with Gasteiger partial charge in [0.2, 0.25) is 28.9 Å². The molecule has 2 aromatic heterocycles. The summed E-state index contributed by atoms with van der Waals surface area (Å²) in [5.74, 6) is 2.90. The second-order valence-electron chi connectivity index (χ2n) is 25.9. The summed E-state index contributed by atoms with van der Waals surface area (Å²) in [6, 6.07) is 0.751. The first-order valence-electron chi connectivity index (χ1n) is 28.7. The predicted molar refractivity (Wildman–Crippen MR) is 307 cm³/mol. The smallest absolute Gasteiger partial charge is 0.230 e. The van der Waals surface area contributed by atoms with E-state index in [1.807, 2.05) is 38.0 Å². The monoisotopic (exact) mass is 1050 g/mol. The molecule has 3 saturated heterocycles. The number of hydroxylamine groups is 6. The highest BCUT2D eigenvalue weighted by molar-refractivity contribution is 7.96. The number of hydrogen-bond donors (Lipinski definition) is 0. The second kappa shape index (κ2) is 26.3. The fourth-order valence-corrected chi connectivity index (χ4v) is 13.7. The van der Waals surface area contributed by atoms with Crippen LogP contribution in [0, 0.1) is 0 Å². The molecule has 2 aromatic rings. The van der Waals surface area contributed by atoms with Crippen LogP contribution in [-0.2, 0) is 14.5 Å². The van der Waals surface area contributed by atoms with Crippen molar-refractivity contribution >= 4 is 35.7 Å². The molecule has 0 radical (unpaired) electrons. The lowest BCUT2D eigenvalue weighted by atomic mass is 9.78. The van der Waals surface area contributed by atoms with E-state index in [0.717, 1.165) is 146 Å². The highest BCUT2D eigenvalue weighted by Crippen LogP contribution is 2.45. The van der Waals surface area contributed by atoms with Gasteiger partial charge in [-0.25, -0.2) is 14.3 Å². The SMILES string of the molecule is CCCCN(c1ncnc(N(CCCCCCN(Sc2nc(N(C)C)nc(N(C)C)n2)C2CC(C)(C)N(OCCC)C(C)(C)C2)C2CC(C)(C)N(OCCC)C(C)(C)C2)n1)C1CC(C)(C)N(OCCC)C(C)(C)C1. The van der Waals surface area contributed by atoms with E-state index in [2.05, 4.69) is 140 Å². The van der Waals surface area contributed by atoms with Gasteiger partial charge < -0.3 is 19.6 Å². The van der Waals surface area contributed by atoms with Crippen LogP contribution in [-0.4, -0.2) is 168 Å². The normalized spacial score (nSPS) is 21.3. The lowest BCUT2D eigenvalue weighted by Crippen LogP contribution is -2.64. The van der Waals surface area contributed by atoms with Gasteiger partial charge in [0.05, 0.1) is 19.8 Å². The molecule has 424 valence electrons. The van der Waals surface area contributed by atoms with Crippen molar-refractivity contribution in [2.24, 2.45) is 0 Å². The van der Waals surface area contributed by atoms with Crippen LogP contribution >= 0.6 is 11.9 Å². The number of nitrogens with zero attached hydrogens (tertiary/aromatic N) is 14. The van der Waals surface area contributed by atoms with Gasteiger partial charge in [-0.2, -0.15) is 35.1 Å². The number of unbranched alkanes of at least 4 members (excludes halogenated alkanes) is 4. The van der Waals surface area contributed by atoms with E-state index in [0.29, 0.717) is 18.5 Å². The van der Waals surface area contributed by atoms with Crippen LogP contribution in [0.2, 0.25) is 0 Å². The maximum absolute atomic E-state index is 6.54. The topological polar surface area (TPSA) is 131 Å². The van der Waals surface area contributed by atoms with Gasteiger partial charge in [0.25, 0.3) is 0 Å². The summed E-state index contributed by atoms with van der Waals surface area (Å²) in [4.78, 5) is 58.7. The molecule has 18 heteroatoms. The zero-order chi connectivity index (χ0) is 54.9. The van der Waals surface area contributed by atoms with Gasteiger partial charge in [0.15, 0.2) is 0 Å². The summed E-state index contributed by atoms with van der Waals surface area (Å²) in [5.41, 5.74) is -1.06. The Morgan fingerprint density at radius 3 is 1.14 bits per heavy atom. The number of piperidine rings is 3. The first-order valence-corrected chi connectivity index (χ1v) is 29.5. The van der Waals surface area contributed by atoms with E-state index in [9.17, 15) is 0 Å². The molecule has 74 heavy (non-hydrogen) atoms. The maximum Gasteiger partial charge on any atom is 0.230 e. The Kier molecular flexibility index (Phi) is 22.1. The van der Waals surface area contributed by atoms with Gasteiger partial charge in [-0.1, -0.05) is 47.0 Å². The minimum absolute atomic E-state index is 0.163. The molecule has 0 saturated carbocycles. The molecular weight excluding hydrogens is 949 g/mol. The lowest BCUT2D eigenvalue weighted by molar-refractivity contribution is -0.286. The first-order chi connectivity index (χ1) is 34.6. The predicted octanol–water partition coefficient (Wildman–Crippen LogP) is 11.3. The summed E-state index contributed by atoms with van der Waals surface area (Å²) in [5, 5.41) is 7.57. The highest BCUT2D eigenvalue weighted by Gasteiger charge is 2.51. The summed E-state index contributed by atoms with van der Waals surface area (Å²) in [6.45, 7) is 41.7. The van der Waals surface area contributed by atoms with Gasteiger partial charge in [-0.15, -0.1) is 0 Å². The molecule has 0 N–H and O–H groups in total. The van der Waals surface area contributed by atoms with E-state index in [4.69, 9.17) is 44.4 Å². The van der Waals surface area contributed by atoms with Gasteiger partial charge in [-0.3, -0.25) is 14.5 Å². The summed E-state index contributed by atoms with van der Waals surface area (Å²) >= 11 is 1.69. The molecule has 0 spiro atoms. The maximum atomic E-state index is 6.54. The molecule has 0 bridgehead atoms. The molecule has 0 atom stereocenters. The standard InChI is InChI=1S/C56H106N14O3S/c1-21-25-30-65(43-36-51(5,6)68(71-33-22-2)52(7,8)37-43)46-57-42-58-47(59-46)66(44-38-53(9,10)69(72-34-23-3)54(11,12)39-44)31-28-26-27-29-32-67(74-50-61-48(63(17)18)60-49(62-50)64(19)20)45-40-55(13,14)70(73-35-24-4)56(15,16)41-45/h42-45H,21-41H2,1-20H3. The fourth-order valence-electron chi connectivity index (χ4n) is 12.7. The van der Waals surface area contributed by atoms with Crippen LogP contribution in [0.25, 0.3) is 0 Å². The average Bonchev–Trinajstić information content (AvgIpc) is 3.29. The van der Waals surface area contributed by atoms with Crippen LogP contribution in [0.3, 0.4) is 0 Å². The summed E-state index contributed by atoms with van der Waals surface area (Å²) in [6.07, 6.45) is 16.9. The van der Waals surface area contributed by atoms with Crippen molar-refractivity contribution in [1.29, 1.82) is 0 Å². The van der Waals surface area contributed by atoms with Crippen LogP contribution in [0.4, 0.5) is 23.8 Å². The zero-order valence-corrected chi connectivity index (χ0v) is 51.4. The van der Waals surface area contributed by atoms with Crippen molar-refractivity contribution in [2.45, 2.75) is 264 Å². The zero-order valence-electron chi connectivity index (χ0n) is 50.6. The fraction of sp³-hybridized carbons (Fsp3) is 0.893. The molecule has 5 heterocycles. The van der Waals surface area contributed by atoms with Crippen molar-refractivity contribution in [3.8, 4) is 0 Å². The Bertz CT molecular complexity index is 1940. The average molecular weight is 1060 g/mol. The van der Waals surface area contributed by atoms with Crippen LogP contribution < -0.4 is 19.6 Å². The Morgan fingerprint density at radius 2 is 0.784 bits per heavy atom. The molecule has 0 aliphatic carbocycles. The molecule has 17 nitrogen and oxygen atoms in total. The number of anilines is 4. The molecule has 0 aromatic carbocycles. The molecular formula is C56H106N14O3S. The Hall–Kier alpha value is -2.71. The molecule has 3 aliphatic rings. The first kappa shape index (κ1) is 62.1. The number of rotatable bonds is 28. The molecule has 5 rings (SSSR count). The minimum atomic E-state index is -0.199. The van der Waals surface area contributed by atoms with E-state index < -0.39 is 0 Å². The van der Waals surface area contributed by atoms with Crippen LogP contribution in [0.15, 0.2) is 11.5 Å². The van der Waals surface area contributed by atoms with Crippen LogP contribution in [0.1, 0.15) is 207 Å². The third kappa shape index (κ3) is 16.0. The second-order valence-corrected chi connectivity index (χ2v) is 26.9. The van der Waals surface area contributed by atoms with Gasteiger partial charge in [-0.05, 0) is 172 Å². The molecule has 3 aliphatic heterocycles. The Morgan fingerprint density at radius 1 is 0.446 bits per heavy atom. The third-order valence-electron chi connectivity index (χ3n) is 15.2. The third-order valence-corrected chi connectivity index (χ3v) is 16.3. The van der Waals surface area contributed by atoms with Crippen LogP contribution in [0.5, 0.6) is 0 Å². The minimum Gasteiger partial charge on any atom is -0.347 e. The highest BCUT2D eigenvalue weighted by atomic mass is 32.2. The molecule has 3 fully saturated rings. The summed E-state index contributed by atoms with van der Waals surface area (Å²) in [7, 11) is 7.96. The molecule has 0 unspecified atom stereocenters. The lowest BCUT2D eigenvalue weighted by Gasteiger charge is -2.56. The Balaban J connectivity index is 1.41. The van der Waals surface area contributed by atoms with Gasteiger partial charge >= 0.3 is 0 Å². The van der Waals surface area contributed by atoms with E-state index in [-0.39, 0.29) is 51.4 Å². The Labute approximate surface area is 455 Å². The van der Waals surface area contributed by atoms with Crippen molar-refractivity contribution in [1.82, 2.24) is 49.4 Å². The van der Waals surface area contributed by atoms with E-state index in [1.54, 1.807) is 18.3 Å². The van der Waals surface area contributed by atoms with Gasteiger partial charge in [0, 0.05) is 99.2 Å². The van der Waals surface area contributed by atoms with Crippen molar-refractivity contribution in [2.75, 3.05) is 87.2 Å².